The molecule has 4 rings (SSSR count). The molecule has 0 saturated carbocycles. The summed E-state index contributed by atoms with van der Waals surface area (Å²) in [7, 11) is 0. The molecule has 2 N–H and O–H groups in total. The number of pyridine rings is 1. The van der Waals surface area contributed by atoms with Gasteiger partial charge in [0, 0.05) is 18.4 Å². The molecule has 0 amide bonds. The van der Waals surface area contributed by atoms with E-state index in [2.05, 4.69) is 14.7 Å². The van der Waals surface area contributed by atoms with Gasteiger partial charge in [-0.2, -0.15) is 0 Å². The maximum atomic E-state index is 12.8. The van der Waals surface area contributed by atoms with Crippen molar-refractivity contribution in [3.63, 3.8) is 0 Å². The minimum atomic E-state index is -4.78. The molecule has 1 aliphatic heterocycles. The monoisotopic (exact) mass is 525 g/mol. The lowest BCUT2D eigenvalue weighted by atomic mass is 9.84. The first kappa shape index (κ1) is 24.4. The van der Waals surface area contributed by atoms with Crippen molar-refractivity contribution >= 4 is 45.9 Å². The van der Waals surface area contributed by atoms with Crippen LogP contribution in [0, 0.1) is 0 Å². The zero-order valence-electron chi connectivity index (χ0n) is 17.3. The fraction of sp³-hybridized carbons (Fsp3) is 0.174. The summed E-state index contributed by atoms with van der Waals surface area (Å²) in [6, 6.07) is 14.2. The van der Waals surface area contributed by atoms with Crippen molar-refractivity contribution in [3.05, 3.63) is 93.2 Å². The first-order valence-electron chi connectivity index (χ1n) is 9.84. The summed E-state index contributed by atoms with van der Waals surface area (Å²) in [5.74, 6) is -0.175. The van der Waals surface area contributed by atoms with Crippen LogP contribution in [0.1, 0.15) is 27.2 Å². The third-order valence-electron chi connectivity index (χ3n) is 5.14. The van der Waals surface area contributed by atoms with E-state index >= 15 is 0 Å². The smallest absolute Gasteiger partial charge is 0.406 e. The maximum absolute atomic E-state index is 12.8. The van der Waals surface area contributed by atoms with Gasteiger partial charge in [-0.3, -0.25) is 4.79 Å². The average molecular weight is 526 g/mol. The number of hydrogen-bond acceptors (Lipinski definition) is 6. The van der Waals surface area contributed by atoms with Gasteiger partial charge in [0.1, 0.15) is 17.0 Å². The van der Waals surface area contributed by atoms with Crippen LogP contribution in [-0.4, -0.2) is 28.1 Å². The second kappa shape index (κ2) is 9.48. The molecule has 176 valence electrons. The van der Waals surface area contributed by atoms with Gasteiger partial charge in [0.2, 0.25) is 0 Å². The van der Waals surface area contributed by atoms with Crippen molar-refractivity contribution in [2.24, 2.45) is 10.7 Å². The van der Waals surface area contributed by atoms with Gasteiger partial charge in [-0.1, -0.05) is 71.4 Å². The summed E-state index contributed by atoms with van der Waals surface area (Å²) in [5, 5.41) is 0.844. The lowest BCUT2D eigenvalue weighted by Crippen LogP contribution is -2.26. The molecule has 0 fully saturated rings. The summed E-state index contributed by atoms with van der Waals surface area (Å²) in [6.07, 6.45) is -3.40. The number of nitrogens with two attached hydrogens (primary N) is 1. The molecule has 0 spiro atoms. The zero-order chi connectivity index (χ0) is 24.5. The van der Waals surface area contributed by atoms with E-state index in [4.69, 9.17) is 28.9 Å². The van der Waals surface area contributed by atoms with E-state index in [1.807, 2.05) is 12.1 Å². The summed E-state index contributed by atoms with van der Waals surface area (Å²) in [5.41, 5.74) is 7.23. The molecule has 0 aliphatic carbocycles. The van der Waals surface area contributed by atoms with Crippen molar-refractivity contribution in [2.75, 3.05) is 5.75 Å². The molecule has 1 unspecified atom stereocenters. The molecule has 1 aromatic heterocycles. The number of ketones is 1. The quantitative estimate of drug-likeness (QED) is 0.398. The number of carbonyl (C=O) groups is 1. The number of rotatable bonds is 6. The van der Waals surface area contributed by atoms with E-state index in [0.29, 0.717) is 27.1 Å². The Kier molecular flexibility index (Phi) is 6.80. The van der Waals surface area contributed by atoms with E-state index in [0.717, 1.165) is 5.56 Å². The number of nitrogens with zero attached hydrogens (tertiary/aromatic N) is 2. The van der Waals surface area contributed by atoms with Gasteiger partial charge in [0.15, 0.2) is 11.0 Å². The second-order valence-electron chi connectivity index (χ2n) is 7.46. The second-order valence-corrected chi connectivity index (χ2v) is 9.29. The Labute approximate surface area is 207 Å². The number of carbonyl (C=O) groups excluding carboxylic acids is 1. The molecule has 34 heavy (non-hydrogen) atoms. The first-order valence-corrected chi connectivity index (χ1v) is 11.6. The van der Waals surface area contributed by atoms with Crippen LogP contribution in [0.2, 0.25) is 10.0 Å². The van der Waals surface area contributed by atoms with Crippen LogP contribution < -0.4 is 10.5 Å². The third kappa shape index (κ3) is 5.32. The van der Waals surface area contributed by atoms with Gasteiger partial charge >= 0.3 is 6.36 Å². The predicted molar refractivity (Wildman–Crippen MR) is 127 cm³/mol. The number of amidine groups is 1. The molecule has 1 atom stereocenters. The lowest BCUT2D eigenvalue weighted by molar-refractivity contribution is -0.274. The highest BCUT2D eigenvalue weighted by Gasteiger charge is 2.39. The van der Waals surface area contributed by atoms with E-state index in [1.165, 1.54) is 48.3 Å². The van der Waals surface area contributed by atoms with Gasteiger partial charge < -0.3 is 10.5 Å². The van der Waals surface area contributed by atoms with Gasteiger partial charge in [-0.05, 0) is 34.9 Å². The van der Waals surface area contributed by atoms with Crippen LogP contribution >= 0.6 is 35.0 Å². The lowest BCUT2D eigenvalue weighted by Gasteiger charge is -2.27. The van der Waals surface area contributed by atoms with Crippen molar-refractivity contribution in [2.45, 2.75) is 18.3 Å². The van der Waals surface area contributed by atoms with Crippen LogP contribution in [0.5, 0.6) is 5.75 Å². The molecule has 1 aliphatic rings. The third-order valence-corrected chi connectivity index (χ3v) is 6.58. The number of hydrogen-bond donors (Lipinski definition) is 1. The van der Waals surface area contributed by atoms with Crippen molar-refractivity contribution in [3.8, 4) is 5.75 Å². The molecule has 0 bridgehead atoms. The molecule has 3 aromatic rings. The Balaban J connectivity index is 1.66. The summed E-state index contributed by atoms with van der Waals surface area (Å²) < 4.78 is 41.6. The number of benzene rings is 2. The predicted octanol–water partition coefficient (Wildman–Crippen LogP) is 6.02. The van der Waals surface area contributed by atoms with Crippen LogP contribution in [-0.2, 0) is 12.0 Å². The topological polar surface area (TPSA) is 77.6 Å². The van der Waals surface area contributed by atoms with Gasteiger partial charge in [0.25, 0.3) is 0 Å². The number of thioether (sulfide) groups is 1. The number of alkyl halides is 3. The van der Waals surface area contributed by atoms with E-state index in [9.17, 15) is 18.0 Å². The molecule has 11 heteroatoms. The molecule has 0 radical (unpaired) electrons. The number of ether oxygens (including phenoxy) is 1. The highest BCUT2D eigenvalue weighted by atomic mass is 35.5. The summed E-state index contributed by atoms with van der Waals surface area (Å²) >= 11 is 13.3. The van der Waals surface area contributed by atoms with E-state index in [1.54, 1.807) is 12.1 Å². The number of halogens is 5. The molecule has 0 saturated heterocycles. The van der Waals surface area contributed by atoms with Crippen LogP contribution in [0.25, 0.3) is 0 Å². The van der Waals surface area contributed by atoms with Crippen molar-refractivity contribution in [1.29, 1.82) is 0 Å². The van der Waals surface area contributed by atoms with Crippen LogP contribution in [0.4, 0.5) is 13.2 Å². The largest absolute Gasteiger partial charge is 0.573 e. The van der Waals surface area contributed by atoms with Crippen molar-refractivity contribution < 1.29 is 22.7 Å². The number of aliphatic imine (C=N–C) groups is 1. The first-order chi connectivity index (χ1) is 16.1. The van der Waals surface area contributed by atoms with E-state index < -0.39 is 11.9 Å². The molecule has 2 aromatic carbocycles. The summed E-state index contributed by atoms with van der Waals surface area (Å²) in [4.78, 5) is 21.4. The molecular weight excluding hydrogens is 510 g/mol. The molecule has 2 heterocycles. The number of aromatic nitrogens is 1. The minimum Gasteiger partial charge on any atom is -0.406 e. The fourth-order valence-corrected chi connectivity index (χ4v) is 5.11. The highest BCUT2D eigenvalue weighted by molar-refractivity contribution is 8.14. The average Bonchev–Trinajstić information content (AvgIpc) is 3.16. The Morgan fingerprint density at radius 3 is 2.47 bits per heavy atom. The Hall–Kier alpha value is -2.75. The molecular formula is C23H16Cl2F3N3O2S. The van der Waals surface area contributed by atoms with Gasteiger partial charge in [-0.25, -0.2) is 9.98 Å². The van der Waals surface area contributed by atoms with Crippen LogP contribution in [0.3, 0.4) is 0 Å². The number of Topliss-reactive ketones (excluding diaryl/α,β-unsaturated/α-hetero) is 1. The SMILES string of the molecule is NC1=NC(c2ccc(OC(F)(F)F)cc2)(c2cccc(CC(=O)c3ncc(Cl)cc3Cl)c2)CS1. The van der Waals surface area contributed by atoms with Gasteiger partial charge in [0.05, 0.1) is 10.0 Å². The maximum Gasteiger partial charge on any atom is 0.573 e. The standard InChI is InChI=1S/C23H16Cl2F3N3O2S/c24-16-10-18(25)20(30-11-16)19(32)9-13-2-1-3-15(8-13)22(12-34-21(29)31-22)14-4-6-17(7-5-14)33-23(26,27)28/h1-8,10-11H,9,12H2,(H2,29,31). The Morgan fingerprint density at radius 2 is 1.85 bits per heavy atom. The Morgan fingerprint density at radius 1 is 1.12 bits per heavy atom. The zero-order valence-corrected chi connectivity index (χ0v) is 19.6. The van der Waals surface area contributed by atoms with E-state index in [-0.39, 0.29) is 28.7 Å². The highest BCUT2D eigenvalue weighted by Crippen LogP contribution is 2.42. The fourth-order valence-electron chi connectivity index (χ4n) is 3.65. The summed E-state index contributed by atoms with van der Waals surface area (Å²) in [6.45, 7) is 0. The molecule has 5 nitrogen and oxygen atoms in total. The minimum absolute atomic E-state index is 0.0307. The van der Waals surface area contributed by atoms with Gasteiger partial charge in [-0.15, -0.1) is 13.2 Å². The van der Waals surface area contributed by atoms with Crippen LogP contribution in [0.15, 0.2) is 65.8 Å². The Bertz CT molecular complexity index is 1270. The van der Waals surface area contributed by atoms with Crippen molar-refractivity contribution in [1.82, 2.24) is 4.98 Å². The normalized spacial score (nSPS) is 18.0.